The fourth-order valence-electron chi connectivity index (χ4n) is 4.53. The van der Waals surface area contributed by atoms with Crippen LogP contribution in [0.1, 0.15) is 67.9 Å². The number of halogens is 1. The van der Waals surface area contributed by atoms with Gasteiger partial charge in [-0.15, -0.1) is 0 Å². The van der Waals surface area contributed by atoms with Gasteiger partial charge in [0.25, 0.3) is 0 Å². The van der Waals surface area contributed by atoms with Crippen LogP contribution in [0.3, 0.4) is 0 Å². The number of nitrogens with zero attached hydrogens (tertiary/aromatic N) is 3. The Labute approximate surface area is 173 Å². The van der Waals surface area contributed by atoms with Gasteiger partial charge in [0.1, 0.15) is 11.4 Å². The van der Waals surface area contributed by atoms with Gasteiger partial charge >= 0.3 is 5.97 Å². The SMILES string of the molecule is CCOC(=O)c1cn(C2CC2)c2c(C=NO)c(N3CCCC3CC)c(F)cc2c1=O. The van der Waals surface area contributed by atoms with E-state index in [1.54, 1.807) is 6.92 Å². The average molecular weight is 415 g/mol. The smallest absolute Gasteiger partial charge is 0.343 e. The van der Waals surface area contributed by atoms with E-state index in [2.05, 4.69) is 12.1 Å². The van der Waals surface area contributed by atoms with Crippen LogP contribution in [0.25, 0.3) is 10.9 Å². The predicted octanol–water partition coefficient (Wildman–Crippen LogP) is 3.84. The molecule has 1 saturated carbocycles. The molecule has 1 aliphatic heterocycles. The average Bonchev–Trinajstić information content (AvgIpc) is 3.46. The topological polar surface area (TPSA) is 84.1 Å². The van der Waals surface area contributed by atoms with E-state index in [1.807, 2.05) is 9.47 Å². The van der Waals surface area contributed by atoms with Gasteiger partial charge in [-0.2, -0.15) is 0 Å². The van der Waals surface area contributed by atoms with Crippen LogP contribution in [-0.4, -0.2) is 41.2 Å². The molecule has 0 radical (unpaired) electrons. The number of rotatable bonds is 6. The molecule has 0 amide bonds. The Bertz CT molecular complexity index is 1070. The van der Waals surface area contributed by atoms with Crippen molar-refractivity contribution in [2.45, 2.75) is 58.0 Å². The van der Waals surface area contributed by atoms with Crippen LogP contribution in [0.15, 0.2) is 22.2 Å². The Hall–Kier alpha value is -2.90. The molecule has 160 valence electrons. The third-order valence-corrected chi connectivity index (χ3v) is 6.04. The quantitative estimate of drug-likeness (QED) is 0.335. The number of pyridine rings is 1. The largest absolute Gasteiger partial charge is 0.462 e. The van der Waals surface area contributed by atoms with E-state index in [-0.39, 0.29) is 29.6 Å². The van der Waals surface area contributed by atoms with Crippen molar-refractivity contribution in [3.8, 4) is 0 Å². The molecule has 0 bridgehead atoms. The van der Waals surface area contributed by atoms with E-state index in [0.717, 1.165) is 32.1 Å². The van der Waals surface area contributed by atoms with E-state index < -0.39 is 17.2 Å². The Morgan fingerprint density at radius 2 is 2.13 bits per heavy atom. The summed E-state index contributed by atoms with van der Waals surface area (Å²) in [5, 5.41) is 12.6. The summed E-state index contributed by atoms with van der Waals surface area (Å²) in [5.74, 6) is -1.27. The minimum absolute atomic E-state index is 0.0934. The number of aromatic nitrogens is 1. The molecular formula is C22H26FN3O4. The second-order valence-corrected chi connectivity index (χ2v) is 7.89. The number of carbonyl (C=O) groups is 1. The first-order valence-electron chi connectivity index (χ1n) is 10.5. The zero-order valence-electron chi connectivity index (χ0n) is 17.2. The van der Waals surface area contributed by atoms with E-state index >= 15 is 4.39 Å². The normalized spacial score (nSPS) is 19.2. The zero-order chi connectivity index (χ0) is 21.4. The van der Waals surface area contributed by atoms with Crippen LogP contribution < -0.4 is 10.3 Å². The fourth-order valence-corrected chi connectivity index (χ4v) is 4.53. The van der Waals surface area contributed by atoms with Gasteiger partial charge in [-0.05, 0) is 45.1 Å². The van der Waals surface area contributed by atoms with Gasteiger partial charge in [-0.3, -0.25) is 4.79 Å². The second-order valence-electron chi connectivity index (χ2n) is 7.89. The van der Waals surface area contributed by atoms with Crippen molar-refractivity contribution in [3.05, 3.63) is 39.4 Å². The molecule has 7 nitrogen and oxygen atoms in total. The highest BCUT2D eigenvalue weighted by molar-refractivity contribution is 6.05. The van der Waals surface area contributed by atoms with Crippen LogP contribution in [0.4, 0.5) is 10.1 Å². The van der Waals surface area contributed by atoms with Gasteiger partial charge in [0.05, 0.1) is 29.4 Å². The number of benzene rings is 1. The summed E-state index contributed by atoms with van der Waals surface area (Å²) in [5.41, 5.74) is 0.524. The number of ether oxygens (including phenoxy) is 1. The zero-order valence-corrected chi connectivity index (χ0v) is 17.2. The van der Waals surface area contributed by atoms with Gasteiger partial charge < -0.3 is 19.4 Å². The molecule has 1 saturated heterocycles. The van der Waals surface area contributed by atoms with Crippen LogP contribution >= 0.6 is 0 Å². The molecule has 1 aromatic carbocycles. The van der Waals surface area contributed by atoms with E-state index in [9.17, 15) is 14.8 Å². The molecule has 4 rings (SSSR count). The molecule has 1 unspecified atom stereocenters. The van der Waals surface area contributed by atoms with Gasteiger partial charge in [0, 0.05) is 30.4 Å². The monoisotopic (exact) mass is 415 g/mol. The molecule has 30 heavy (non-hydrogen) atoms. The summed E-state index contributed by atoms with van der Waals surface area (Å²) in [6.45, 7) is 4.57. The molecule has 0 spiro atoms. The van der Waals surface area contributed by atoms with Crippen molar-refractivity contribution in [2.24, 2.45) is 5.16 Å². The maximum atomic E-state index is 15.4. The summed E-state index contributed by atoms with van der Waals surface area (Å²) in [7, 11) is 0. The summed E-state index contributed by atoms with van der Waals surface area (Å²) < 4.78 is 22.3. The lowest BCUT2D eigenvalue weighted by Gasteiger charge is -2.29. The first kappa shape index (κ1) is 20.4. The Balaban J connectivity index is 2.05. The number of hydrogen-bond donors (Lipinski definition) is 1. The molecule has 8 heteroatoms. The molecule has 1 atom stereocenters. The molecule has 2 aliphatic rings. The lowest BCUT2D eigenvalue weighted by molar-refractivity contribution is 0.0524. The number of fused-ring (bicyclic) bond motifs is 1. The van der Waals surface area contributed by atoms with Crippen LogP contribution in [0, 0.1) is 5.82 Å². The van der Waals surface area contributed by atoms with Crippen molar-refractivity contribution in [1.29, 1.82) is 0 Å². The first-order chi connectivity index (χ1) is 14.5. The number of esters is 1. The highest BCUT2D eigenvalue weighted by Gasteiger charge is 2.33. The number of carbonyl (C=O) groups excluding carboxylic acids is 1. The number of anilines is 1. The lowest BCUT2D eigenvalue weighted by atomic mass is 10.0. The standard InChI is InChI=1S/C22H26FN3O4/c1-3-13-6-5-9-25(13)20-16(11-24-29)19-15(10-18(20)23)21(27)17(22(28)30-4-2)12-26(19)14-7-8-14/h10-14,29H,3-9H2,1-2H3. The second kappa shape index (κ2) is 8.08. The third-order valence-electron chi connectivity index (χ3n) is 6.04. The van der Waals surface area contributed by atoms with E-state index in [1.165, 1.54) is 18.5 Å². The minimum Gasteiger partial charge on any atom is -0.462 e. The highest BCUT2D eigenvalue weighted by atomic mass is 19.1. The van der Waals surface area contributed by atoms with Crippen molar-refractivity contribution in [1.82, 2.24) is 4.57 Å². The predicted molar refractivity (Wildman–Crippen MR) is 112 cm³/mol. The summed E-state index contributed by atoms with van der Waals surface area (Å²) >= 11 is 0. The molecule has 1 N–H and O–H groups in total. The van der Waals surface area contributed by atoms with Crippen LogP contribution in [-0.2, 0) is 4.74 Å². The Morgan fingerprint density at radius 3 is 2.77 bits per heavy atom. The maximum Gasteiger partial charge on any atom is 0.343 e. The lowest BCUT2D eigenvalue weighted by Crippen LogP contribution is -2.31. The Kier molecular flexibility index (Phi) is 5.49. The summed E-state index contributed by atoms with van der Waals surface area (Å²) in [4.78, 5) is 27.5. The molecule has 2 heterocycles. The summed E-state index contributed by atoms with van der Waals surface area (Å²) in [6.07, 6.45) is 7.27. The van der Waals surface area contributed by atoms with Crippen molar-refractivity contribution in [2.75, 3.05) is 18.1 Å². The maximum absolute atomic E-state index is 15.4. The highest BCUT2D eigenvalue weighted by Crippen LogP contribution is 2.41. The first-order valence-corrected chi connectivity index (χ1v) is 10.5. The van der Waals surface area contributed by atoms with Gasteiger partial charge in [-0.25, -0.2) is 9.18 Å². The number of hydrogen-bond acceptors (Lipinski definition) is 6. The minimum atomic E-state index is -0.716. The molecule has 2 aromatic rings. The molecular weight excluding hydrogens is 389 g/mol. The van der Waals surface area contributed by atoms with Gasteiger partial charge in [0.2, 0.25) is 5.43 Å². The van der Waals surface area contributed by atoms with Crippen LogP contribution in [0.5, 0.6) is 0 Å². The van der Waals surface area contributed by atoms with E-state index in [0.29, 0.717) is 23.3 Å². The molecule has 1 aliphatic carbocycles. The van der Waals surface area contributed by atoms with Crippen LogP contribution in [0.2, 0.25) is 0 Å². The fraction of sp³-hybridized carbons (Fsp3) is 0.500. The number of oxime groups is 1. The van der Waals surface area contributed by atoms with Crippen molar-refractivity contribution < 1.29 is 19.1 Å². The molecule has 1 aromatic heterocycles. The van der Waals surface area contributed by atoms with E-state index in [4.69, 9.17) is 4.74 Å². The Morgan fingerprint density at radius 1 is 1.37 bits per heavy atom. The molecule has 2 fully saturated rings. The van der Waals surface area contributed by atoms with Crippen molar-refractivity contribution in [3.63, 3.8) is 0 Å². The van der Waals surface area contributed by atoms with Gasteiger partial charge in [0.15, 0.2) is 0 Å². The van der Waals surface area contributed by atoms with Crippen molar-refractivity contribution >= 4 is 28.8 Å². The van der Waals surface area contributed by atoms with Gasteiger partial charge in [-0.1, -0.05) is 12.1 Å². The third kappa shape index (κ3) is 3.34. The summed E-state index contributed by atoms with van der Waals surface area (Å²) in [6, 6.07) is 1.50.